The van der Waals surface area contributed by atoms with Gasteiger partial charge < -0.3 is 4.42 Å². The summed E-state index contributed by atoms with van der Waals surface area (Å²) in [5, 5.41) is 15.2. The highest BCUT2D eigenvalue weighted by Gasteiger charge is 2.30. The molecule has 0 amide bonds. The molecule has 0 unspecified atom stereocenters. The summed E-state index contributed by atoms with van der Waals surface area (Å²) in [7, 11) is 0. The lowest BCUT2D eigenvalue weighted by Crippen LogP contribution is -1.93. The molecule has 0 atom stereocenters. The second-order valence-electron chi connectivity index (χ2n) is 15.1. The predicted molar refractivity (Wildman–Crippen MR) is 233 cm³/mol. The molecule has 0 saturated carbocycles. The van der Waals surface area contributed by atoms with Gasteiger partial charge >= 0.3 is 0 Å². The van der Waals surface area contributed by atoms with Crippen molar-refractivity contribution in [1.82, 2.24) is 0 Å². The van der Waals surface area contributed by atoms with Crippen LogP contribution in [0.1, 0.15) is 0 Å². The van der Waals surface area contributed by atoms with Crippen molar-refractivity contribution in [1.29, 1.82) is 0 Å². The van der Waals surface area contributed by atoms with Crippen molar-refractivity contribution in [3.63, 3.8) is 0 Å². The van der Waals surface area contributed by atoms with E-state index in [1.165, 1.54) is 109 Å². The minimum Gasteiger partial charge on any atom is -0.456 e. The lowest BCUT2D eigenvalue weighted by molar-refractivity contribution is 0.669. The van der Waals surface area contributed by atoms with Crippen LogP contribution in [0.3, 0.4) is 0 Å². The Hall–Kier alpha value is -7.22. The van der Waals surface area contributed by atoms with E-state index in [1.807, 2.05) is 0 Å². The molecular weight excluding hydrogens is 665 g/mol. The molecule has 1 heteroatoms. The van der Waals surface area contributed by atoms with E-state index in [1.54, 1.807) is 0 Å². The maximum atomic E-state index is 6.57. The summed E-state index contributed by atoms with van der Waals surface area (Å²) in [6, 6.07) is 67.3. The van der Waals surface area contributed by atoms with Gasteiger partial charge in [0.05, 0.1) is 0 Å². The van der Waals surface area contributed by atoms with Crippen LogP contribution in [0.4, 0.5) is 0 Å². The van der Waals surface area contributed by atoms with Crippen molar-refractivity contribution in [2.24, 2.45) is 0 Å². The summed E-state index contributed by atoms with van der Waals surface area (Å²) >= 11 is 0. The van der Waals surface area contributed by atoms with E-state index in [9.17, 15) is 0 Å². The van der Waals surface area contributed by atoms with Crippen molar-refractivity contribution >= 4 is 75.8 Å². The number of rotatable bonds is 3. The van der Waals surface area contributed by atoms with E-state index in [-0.39, 0.29) is 0 Å². The molecule has 11 aromatic carbocycles. The molecule has 0 N–H and O–H groups in total. The molecule has 0 fully saturated rings. The van der Waals surface area contributed by atoms with E-state index in [0.29, 0.717) is 0 Å². The van der Waals surface area contributed by atoms with Crippen LogP contribution in [0.5, 0.6) is 0 Å². The molecule has 1 aliphatic rings. The van der Waals surface area contributed by atoms with Gasteiger partial charge in [-0.2, -0.15) is 0 Å². The largest absolute Gasteiger partial charge is 0.456 e. The van der Waals surface area contributed by atoms with Crippen molar-refractivity contribution in [2.75, 3.05) is 0 Å². The Labute approximate surface area is 316 Å². The second kappa shape index (κ2) is 10.7. The third kappa shape index (κ3) is 3.92. The number of furan rings is 1. The Bertz CT molecular complexity index is 3560. The molecule has 0 radical (unpaired) electrons. The van der Waals surface area contributed by atoms with Gasteiger partial charge in [-0.3, -0.25) is 0 Å². The van der Waals surface area contributed by atoms with Crippen LogP contribution in [0.2, 0.25) is 0 Å². The van der Waals surface area contributed by atoms with E-state index < -0.39 is 0 Å². The van der Waals surface area contributed by atoms with Crippen LogP contribution in [0.25, 0.3) is 131 Å². The summed E-state index contributed by atoms with van der Waals surface area (Å²) in [4.78, 5) is 0. The Morgan fingerprint density at radius 3 is 1.47 bits per heavy atom. The van der Waals surface area contributed by atoms with Crippen molar-refractivity contribution in [3.05, 3.63) is 182 Å². The van der Waals surface area contributed by atoms with E-state index in [4.69, 9.17) is 4.42 Å². The van der Waals surface area contributed by atoms with Crippen LogP contribution < -0.4 is 0 Å². The average Bonchev–Trinajstić information content (AvgIpc) is 3.78. The molecule has 0 spiro atoms. The quantitative estimate of drug-likeness (QED) is 0.168. The normalized spacial score (nSPS) is 12.4. The highest BCUT2D eigenvalue weighted by Crippen LogP contribution is 2.58. The van der Waals surface area contributed by atoms with Crippen LogP contribution in [0, 0.1) is 0 Å². The third-order valence-corrected chi connectivity index (χ3v) is 12.3. The van der Waals surface area contributed by atoms with Crippen LogP contribution in [-0.4, -0.2) is 0 Å². The van der Waals surface area contributed by atoms with Gasteiger partial charge in [-0.15, -0.1) is 0 Å². The van der Waals surface area contributed by atoms with Gasteiger partial charge in [0.15, 0.2) is 0 Å². The molecule has 0 aliphatic heterocycles. The SMILES string of the molecule is c1ccc(-c2c3c(c(-c4ccc5oc6ccc(-c7ccc8ccc9cccc%10ccc7c8c9%10)cc6c5c4)c4ccccc24)-c2cccc4cccc-3c24)cc1. The molecule has 1 nitrogen and oxygen atoms in total. The van der Waals surface area contributed by atoms with Gasteiger partial charge in [-0.05, 0) is 134 Å². The molecule has 1 heterocycles. The third-order valence-electron chi connectivity index (χ3n) is 12.3. The lowest BCUT2D eigenvalue weighted by Gasteiger charge is -2.20. The van der Waals surface area contributed by atoms with Crippen LogP contribution >= 0.6 is 0 Å². The minimum atomic E-state index is 0.901. The highest BCUT2D eigenvalue weighted by atomic mass is 16.3. The smallest absolute Gasteiger partial charge is 0.135 e. The fourth-order valence-corrected chi connectivity index (χ4v) is 10.0. The Kier molecular flexibility index (Phi) is 5.69. The van der Waals surface area contributed by atoms with Crippen molar-refractivity contribution in [3.8, 4) is 55.6 Å². The standard InChI is InChI=1S/C54H30O/c1-2-9-32(10-3-1)51-39-15-4-5-16-40(39)52(54-43-18-8-14-31-13-7-17-42(49(31)43)53(51)54)37-24-28-47-45(30-37)44-29-36(23-27-46(44)55-47)38-25-21-35-20-19-33-11-6-12-34-22-26-41(38)50(35)48(33)34/h1-30H. The number of fused-ring (bicyclic) bond motifs is 7. The molecule has 12 aromatic rings. The fourth-order valence-electron chi connectivity index (χ4n) is 10.0. The maximum Gasteiger partial charge on any atom is 0.135 e. The second-order valence-corrected chi connectivity index (χ2v) is 15.1. The number of hydrogen-bond donors (Lipinski definition) is 0. The summed E-state index contributed by atoms with van der Waals surface area (Å²) < 4.78 is 6.57. The molecule has 0 saturated heterocycles. The Morgan fingerprint density at radius 1 is 0.255 bits per heavy atom. The van der Waals surface area contributed by atoms with Gasteiger partial charge in [0.2, 0.25) is 0 Å². The highest BCUT2D eigenvalue weighted by molar-refractivity contribution is 6.28. The summed E-state index contributed by atoms with van der Waals surface area (Å²) in [5.74, 6) is 0. The van der Waals surface area contributed by atoms with Crippen LogP contribution in [-0.2, 0) is 0 Å². The Balaban J connectivity index is 1.09. The van der Waals surface area contributed by atoms with Crippen molar-refractivity contribution < 1.29 is 4.42 Å². The first kappa shape index (κ1) is 29.3. The first-order chi connectivity index (χ1) is 27.3. The summed E-state index contributed by atoms with van der Waals surface area (Å²) in [6.07, 6.45) is 0. The molecule has 252 valence electrons. The average molecular weight is 695 g/mol. The predicted octanol–water partition coefficient (Wildman–Crippen LogP) is 15.4. The number of hydrogen-bond acceptors (Lipinski definition) is 1. The zero-order chi connectivity index (χ0) is 35.8. The minimum absolute atomic E-state index is 0.901. The van der Waals surface area contributed by atoms with Gasteiger partial charge in [-0.1, -0.05) is 158 Å². The van der Waals surface area contributed by atoms with E-state index >= 15 is 0 Å². The van der Waals surface area contributed by atoms with Gasteiger partial charge in [0.25, 0.3) is 0 Å². The fraction of sp³-hybridized carbons (Fsp3) is 0. The topological polar surface area (TPSA) is 13.1 Å². The van der Waals surface area contributed by atoms with Crippen molar-refractivity contribution in [2.45, 2.75) is 0 Å². The summed E-state index contributed by atoms with van der Waals surface area (Å²) in [6.45, 7) is 0. The van der Waals surface area contributed by atoms with Gasteiger partial charge in [0.1, 0.15) is 11.2 Å². The first-order valence-electron chi connectivity index (χ1n) is 19.1. The van der Waals surface area contributed by atoms with Gasteiger partial charge in [-0.25, -0.2) is 0 Å². The molecule has 13 rings (SSSR count). The van der Waals surface area contributed by atoms with E-state index in [0.717, 1.165) is 21.9 Å². The summed E-state index contributed by atoms with van der Waals surface area (Å²) in [5.41, 5.74) is 14.5. The van der Waals surface area contributed by atoms with E-state index in [2.05, 4.69) is 182 Å². The molecular formula is C54H30O. The maximum absolute atomic E-state index is 6.57. The zero-order valence-electron chi connectivity index (χ0n) is 29.7. The van der Waals surface area contributed by atoms with Crippen LogP contribution in [0.15, 0.2) is 186 Å². The monoisotopic (exact) mass is 694 g/mol. The first-order valence-corrected chi connectivity index (χ1v) is 19.1. The zero-order valence-corrected chi connectivity index (χ0v) is 29.7. The molecule has 0 bridgehead atoms. The lowest BCUT2D eigenvalue weighted by atomic mass is 9.82. The molecule has 55 heavy (non-hydrogen) atoms. The molecule has 1 aliphatic carbocycles. The molecule has 1 aromatic heterocycles. The van der Waals surface area contributed by atoms with Gasteiger partial charge in [0, 0.05) is 10.8 Å². The number of benzene rings is 11. The Morgan fingerprint density at radius 2 is 0.782 bits per heavy atom.